The highest BCUT2D eigenvalue weighted by Crippen LogP contribution is 2.26. The molecule has 0 bridgehead atoms. The highest BCUT2D eigenvalue weighted by atomic mass is 15.3. The van der Waals surface area contributed by atoms with Crippen molar-refractivity contribution < 1.29 is 0 Å². The van der Waals surface area contributed by atoms with Crippen LogP contribution < -0.4 is 10.2 Å². The molecule has 0 unspecified atom stereocenters. The van der Waals surface area contributed by atoms with Crippen LogP contribution >= 0.6 is 0 Å². The molecule has 0 aliphatic carbocycles. The minimum Gasteiger partial charge on any atom is -0.370 e. The topological polar surface area (TPSA) is 41.1 Å². The quantitative estimate of drug-likeness (QED) is 0.893. The van der Waals surface area contributed by atoms with Gasteiger partial charge in [0, 0.05) is 31.1 Å². The van der Waals surface area contributed by atoms with Crippen LogP contribution in [0.15, 0.2) is 6.07 Å². The number of aromatic nitrogens is 2. The number of hydrogen-bond donors (Lipinski definition) is 1. The van der Waals surface area contributed by atoms with Crippen molar-refractivity contribution in [3.8, 4) is 0 Å². The van der Waals surface area contributed by atoms with Crippen molar-refractivity contribution >= 4 is 11.8 Å². The summed E-state index contributed by atoms with van der Waals surface area (Å²) in [5, 5.41) is 3.31. The van der Waals surface area contributed by atoms with Crippen molar-refractivity contribution in [2.24, 2.45) is 0 Å². The first-order chi connectivity index (χ1) is 8.50. The average Bonchev–Trinajstić information content (AvgIpc) is 2.81. The molecule has 1 fully saturated rings. The van der Waals surface area contributed by atoms with E-state index < -0.39 is 0 Å². The summed E-state index contributed by atoms with van der Waals surface area (Å²) in [6.07, 6.45) is 2.50. The van der Waals surface area contributed by atoms with Crippen molar-refractivity contribution in [2.45, 2.75) is 46.0 Å². The second-order valence-electron chi connectivity index (χ2n) is 5.91. The smallest absolute Gasteiger partial charge is 0.227 e. The van der Waals surface area contributed by atoms with E-state index in [1.807, 2.05) is 0 Å². The molecule has 1 saturated heterocycles. The van der Waals surface area contributed by atoms with E-state index in [4.69, 9.17) is 4.98 Å². The molecule has 0 aromatic carbocycles. The minimum atomic E-state index is 0.0571. The van der Waals surface area contributed by atoms with Gasteiger partial charge in [-0.3, -0.25) is 0 Å². The first-order valence-electron chi connectivity index (χ1n) is 6.89. The van der Waals surface area contributed by atoms with Crippen LogP contribution in [0.3, 0.4) is 0 Å². The number of anilines is 2. The lowest BCUT2D eigenvalue weighted by Crippen LogP contribution is -2.24. The molecule has 0 spiro atoms. The van der Waals surface area contributed by atoms with Crippen molar-refractivity contribution in [1.82, 2.24) is 9.97 Å². The van der Waals surface area contributed by atoms with E-state index in [0.29, 0.717) is 0 Å². The Labute approximate surface area is 110 Å². The van der Waals surface area contributed by atoms with Crippen LogP contribution in [0.5, 0.6) is 0 Å². The lowest BCUT2D eigenvalue weighted by molar-refractivity contribution is 0.566. The van der Waals surface area contributed by atoms with Gasteiger partial charge in [-0.1, -0.05) is 20.8 Å². The normalized spacial score (nSPS) is 16.1. The molecule has 1 aromatic rings. The molecular formula is C14H24N4. The Balaban J connectivity index is 2.35. The molecule has 100 valence electrons. The third kappa shape index (κ3) is 2.92. The Morgan fingerprint density at radius 1 is 1.22 bits per heavy atom. The Hall–Kier alpha value is -1.32. The minimum absolute atomic E-state index is 0.0571. The summed E-state index contributed by atoms with van der Waals surface area (Å²) in [6, 6.07) is 2.07. The van der Waals surface area contributed by atoms with E-state index in [1.165, 1.54) is 12.8 Å². The maximum absolute atomic E-state index is 4.74. The summed E-state index contributed by atoms with van der Waals surface area (Å²) in [5.74, 6) is 1.83. The van der Waals surface area contributed by atoms with Gasteiger partial charge in [0.25, 0.3) is 0 Å². The van der Waals surface area contributed by atoms with E-state index in [2.05, 4.69) is 49.0 Å². The van der Waals surface area contributed by atoms with Crippen molar-refractivity contribution in [1.29, 1.82) is 0 Å². The molecular weight excluding hydrogens is 224 g/mol. The molecule has 1 aliphatic heterocycles. The zero-order valence-electron chi connectivity index (χ0n) is 12.0. The maximum atomic E-state index is 4.74. The van der Waals surface area contributed by atoms with Crippen LogP contribution in [0, 0.1) is 0 Å². The summed E-state index contributed by atoms with van der Waals surface area (Å²) >= 11 is 0. The summed E-state index contributed by atoms with van der Waals surface area (Å²) in [5.41, 5.74) is 1.16. The van der Waals surface area contributed by atoms with Crippen LogP contribution in [0.2, 0.25) is 0 Å². The molecule has 0 radical (unpaired) electrons. The molecule has 0 amide bonds. The monoisotopic (exact) mass is 248 g/mol. The first-order valence-corrected chi connectivity index (χ1v) is 6.89. The lowest BCUT2D eigenvalue weighted by atomic mass is 9.92. The van der Waals surface area contributed by atoms with Crippen LogP contribution in [-0.2, 0) is 5.41 Å². The fourth-order valence-electron chi connectivity index (χ4n) is 2.15. The van der Waals surface area contributed by atoms with Crippen molar-refractivity contribution in [3.05, 3.63) is 11.8 Å². The Bertz CT molecular complexity index is 403. The van der Waals surface area contributed by atoms with Gasteiger partial charge < -0.3 is 10.2 Å². The van der Waals surface area contributed by atoms with Crippen LogP contribution in [0.1, 0.15) is 46.2 Å². The molecule has 2 heterocycles. The molecule has 18 heavy (non-hydrogen) atoms. The number of hydrogen-bond acceptors (Lipinski definition) is 4. The SMILES string of the molecule is CCNc1cc(C(C)(C)C)nc(N2CCCC2)n1. The van der Waals surface area contributed by atoms with Gasteiger partial charge in [0.05, 0.1) is 5.69 Å². The molecule has 2 rings (SSSR count). The standard InChI is InChI=1S/C14H24N4/c1-5-15-12-10-11(14(2,3)4)16-13(17-12)18-8-6-7-9-18/h10H,5-9H2,1-4H3,(H,15,16,17). The lowest BCUT2D eigenvalue weighted by Gasteiger charge is -2.22. The second kappa shape index (κ2) is 5.12. The van der Waals surface area contributed by atoms with Gasteiger partial charge in [-0.25, -0.2) is 4.98 Å². The van der Waals surface area contributed by atoms with Crippen LogP contribution in [0.4, 0.5) is 11.8 Å². The number of nitrogens with zero attached hydrogens (tertiary/aromatic N) is 3. The van der Waals surface area contributed by atoms with Gasteiger partial charge in [-0.15, -0.1) is 0 Å². The van der Waals surface area contributed by atoms with Gasteiger partial charge >= 0.3 is 0 Å². The van der Waals surface area contributed by atoms with E-state index in [-0.39, 0.29) is 5.41 Å². The molecule has 1 aromatic heterocycles. The highest BCUT2D eigenvalue weighted by molar-refractivity contribution is 5.45. The molecule has 1 N–H and O–H groups in total. The molecule has 1 aliphatic rings. The van der Waals surface area contributed by atoms with E-state index in [0.717, 1.165) is 37.1 Å². The zero-order chi connectivity index (χ0) is 13.2. The summed E-state index contributed by atoms with van der Waals surface area (Å²) < 4.78 is 0. The van der Waals surface area contributed by atoms with Crippen molar-refractivity contribution in [2.75, 3.05) is 29.9 Å². The maximum Gasteiger partial charge on any atom is 0.227 e. The predicted octanol–water partition coefficient (Wildman–Crippen LogP) is 2.81. The van der Waals surface area contributed by atoms with Gasteiger partial charge in [0.15, 0.2) is 0 Å². The van der Waals surface area contributed by atoms with Crippen LogP contribution in [-0.4, -0.2) is 29.6 Å². The highest BCUT2D eigenvalue weighted by Gasteiger charge is 2.21. The Kier molecular flexibility index (Phi) is 3.73. The average molecular weight is 248 g/mol. The zero-order valence-corrected chi connectivity index (χ0v) is 12.0. The van der Waals surface area contributed by atoms with Crippen molar-refractivity contribution in [3.63, 3.8) is 0 Å². The van der Waals surface area contributed by atoms with Gasteiger partial charge in [-0.05, 0) is 19.8 Å². The van der Waals surface area contributed by atoms with Gasteiger partial charge in [0.2, 0.25) is 5.95 Å². The Morgan fingerprint density at radius 3 is 2.44 bits per heavy atom. The molecule has 0 atom stereocenters. The Morgan fingerprint density at radius 2 is 1.89 bits per heavy atom. The van der Waals surface area contributed by atoms with Crippen LogP contribution in [0.25, 0.3) is 0 Å². The summed E-state index contributed by atoms with van der Waals surface area (Å²) in [7, 11) is 0. The number of rotatable bonds is 3. The van der Waals surface area contributed by atoms with Gasteiger partial charge in [0.1, 0.15) is 5.82 Å². The summed E-state index contributed by atoms with van der Waals surface area (Å²) in [6.45, 7) is 11.7. The molecule has 4 heteroatoms. The van der Waals surface area contributed by atoms with E-state index in [9.17, 15) is 0 Å². The molecule has 0 saturated carbocycles. The second-order valence-corrected chi connectivity index (χ2v) is 5.91. The summed E-state index contributed by atoms with van der Waals surface area (Å²) in [4.78, 5) is 11.7. The van der Waals surface area contributed by atoms with E-state index >= 15 is 0 Å². The number of nitrogens with one attached hydrogen (secondary N) is 1. The fraction of sp³-hybridized carbons (Fsp3) is 0.714. The third-order valence-electron chi connectivity index (χ3n) is 3.23. The van der Waals surface area contributed by atoms with Gasteiger partial charge in [-0.2, -0.15) is 4.98 Å². The largest absolute Gasteiger partial charge is 0.370 e. The van der Waals surface area contributed by atoms with E-state index in [1.54, 1.807) is 0 Å². The molecule has 4 nitrogen and oxygen atoms in total. The first kappa shape index (κ1) is 13.1. The fourth-order valence-corrected chi connectivity index (χ4v) is 2.15. The third-order valence-corrected chi connectivity index (χ3v) is 3.23. The predicted molar refractivity (Wildman–Crippen MR) is 76.3 cm³/mol.